The second kappa shape index (κ2) is 7.60. The minimum Gasteiger partial charge on any atom is -0.481 e. The van der Waals surface area contributed by atoms with Gasteiger partial charge in [0.05, 0.1) is 25.7 Å². The Hall–Kier alpha value is -1.60. The van der Waals surface area contributed by atoms with Crippen LogP contribution in [0.1, 0.15) is 13.3 Å². The van der Waals surface area contributed by atoms with Crippen molar-refractivity contribution in [2.75, 3.05) is 19.8 Å². The minimum atomic E-state index is -0.949. The summed E-state index contributed by atoms with van der Waals surface area (Å²) in [5.41, 5.74) is 0. The number of amides is 1. The molecule has 0 spiro atoms. The number of carboxylic acid groups (broad SMARTS) is 1. The standard InChI is InChI=1S/C15H18BrNO5/c1-10(22-13-4-2-11(16)3-5-13)15(20)17-6-7-21-9-12(17)8-14(18)19/h2-5,10,12H,6-9H2,1H3,(H,18,19). The number of morpholine rings is 1. The molecule has 0 saturated carbocycles. The SMILES string of the molecule is CC(Oc1ccc(Br)cc1)C(=O)N1CCOCC1CC(=O)O. The summed E-state index contributed by atoms with van der Waals surface area (Å²) in [5.74, 6) is -0.584. The summed E-state index contributed by atoms with van der Waals surface area (Å²) in [6, 6.07) is 6.74. The van der Waals surface area contributed by atoms with E-state index in [1.165, 1.54) is 0 Å². The third kappa shape index (κ3) is 4.45. The number of aliphatic carboxylic acids is 1. The van der Waals surface area contributed by atoms with Gasteiger partial charge in [-0.25, -0.2) is 0 Å². The highest BCUT2D eigenvalue weighted by Crippen LogP contribution is 2.19. The summed E-state index contributed by atoms with van der Waals surface area (Å²) in [5, 5.41) is 8.94. The molecular formula is C15H18BrNO5. The van der Waals surface area contributed by atoms with Gasteiger partial charge in [0.15, 0.2) is 6.10 Å². The number of halogens is 1. The van der Waals surface area contributed by atoms with E-state index in [4.69, 9.17) is 14.6 Å². The second-order valence-corrected chi connectivity index (χ2v) is 5.99. The Morgan fingerprint density at radius 3 is 2.77 bits per heavy atom. The van der Waals surface area contributed by atoms with E-state index in [1.54, 1.807) is 24.0 Å². The highest BCUT2D eigenvalue weighted by atomic mass is 79.9. The molecule has 2 atom stereocenters. The van der Waals surface area contributed by atoms with Crippen LogP contribution in [0.5, 0.6) is 5.75 Å². The predicted molar refractivity (Wildman–Crippen MR) is 82.8 cm³/mol. The van der Waals surface area contributed by atoms with E-state index >= 15 is 0 Å². The smallest absolute Gasteiger partial charge is 0.305 e. The molecule has 1 fully saturated rings. The number of carboxylic acids is 1. The van der Waals surface area contributed by atoms with Gasteiger partial charge < -0.3 is 19.5 Å². The monoisotopic (exact) mass is 371 g/mol. The minimum absolute atomic E-state index is 0.128. The van der Waals surface area contributed by atoms with E-state index in [0.29, 0.717) is 18.9 Å². The normalized spacial score (nSPS) is 19.5. The number of benzene rings is 1. The Balaban J connectivity index is 2.01. The molecule has 1 aromatic carbocycles. The highest BCUT2D eigenvalue weighted by molar-refractivity contribution is 9.10. The lowest BCUT2D eigenvalue weighted by atomic mass is 10.1. The van der Waals surface area contributed by atoms with Crippen LogP contribution in [0, 0.1) is 0 Å². The molecule has 7 heteroatoms. The number of ether oxygens (including phenoxy) is 2. The van der Waals surface area contributed by atoms with Gasteiger partial charge in [-0.05, 0) is 31.2 Å². The molecule has 1 amide bonds. The molecule has 2 unspecified atom stereocenters. The van der Waals surface area contributed by atoms with Crippen molar-refractivity contribution >= 4 is 27.8 Å². The van der Waals surface area contributed by atoms with E-state index in [9.17, 15) is 9.59 Å². The fourth-order valence-corrected chi connectivity index (χ4v) is 2.58. The van der Waals surface area contributed by atoms with Crippen LogP contribution >= 0.6 is 15.9 Å². The molecule has 120 valence electrons. The van der Waals surface area contributed by atoms with Crippen LogP contribution in [0.4, 0.5) is 0 Å². The Morgan fingerprint density at radius 2 is 2.14 bits per heavy atom. The van der Waals surface area contributed by atoms with Crippen LogP contribution in [0.2, 0.25) is 0 Å². The van der Waals surface area contributed by atoms with Gasteiger partial charge in [-0.3, -0.25) is 9.59 Å². The fraction of sp³-hybridized carbons (Fsp3) is 0.467. The summed E-state index contributed by atoms with van der Waals surface area (Å²) in [6.07, 6.45) is -0.813. The maximum absolute atomic E-state index is 12.5. The van der Waals surface area contributed by atoms with Crippen molar-refractivity contribution in [2.24, 2.45) is 0 Å². The number of rotatable bonds is 5. The van der Waals surface area contributed by atoms with Crippen LogP contribution in [-0.4, -0.2) is 53.8 Å². The Labute approximate surface area is 137 Å². The molecule has 1 aliphatic rings. The van der Waals surface area contributed by atoms with Crippen molar-refractivity contribution in [2.45, 2.75) is 25.5 Å². The zero-order valence-electron chi connectivity index (χ0n) is 12.2. The molecule has 22 heavy (non-hydrogen) atoms. The van der Waals surface area contributed by atoms with Gasteiger partial charge in [-0.15, -0.1) is 0 Å². The van der Waals surface area contributed by atoms with Crippen LogP contribution in [0.15, 0.2) is 28.7 Å². The molecule has 1 aromatic rings. The van der Waals surface area contributed by atoms with Gasteiger partial charge in [0, 0.05) is 11.0 Å². The molecule has 0 radical (unpaired) electrons. The Morgan fingerprint density at radius 1 is 1.45 bits per heavy atom. The molecule has 1 N–H and O–H groups in total. The molecular weight excluding hydrogens is 354 g/mol. The number of carbonyl (C=O) groups is 2. The Kier molecular flexibility index (Phi) is 5.79. The topological polar surface area (TPSA) is 76.1 Å². The number of carbonyl (C=O) groups excluding carboxylic acids is 1. The zero-order valence-corrected chi connectivity index (χ0v) is 13.8. The molecule has 0 aliphatic carbocycles. The van der Waals surface area contributed by atoms with Crippen molar-refractivity contribution in [3.8, 4) is 5.75 Å². The van der Waals surface area contributed by atoms with Gasteiger partial charge in [-0.1, -0.05) is 15.9 Å². The molecule has 6 nitrogen and oxygen atoms in total. The molecule has 2 rings (SSSR count). The van der Waals surface area contributed by atoms with Crippen molar-refractivity contribution in [3.05, 3.63) is 28.7 Å². The third-order valence-electron chi connectivity index (χ3n) is 3.40. The first-order valence-corrected chi connectivity index (χ1v) is 7.79. The van der Waals surface area contributed by atoms with E-state index < -0.39 is 18.1 Å². The van der Waals surface area contributed by atoms with Crippen molar-refractivity contribution < 1.29 is 24.2 Å². The van der Waals surface area contributed by atoms with Crippen LogP contribution in [0.25, 0.3) is 0 Å². The van der Waals surface area contributed by atoms with Gasteiger partial charge >= 0.3 is 5.97 Å². The molecule has 1 heterocycles. The Bertz CT molecular complexity index is 533. The lowest BCUT2D eigenvalue weighted by molar-refractivity contribution is -0.150. The fourth-order valence-electron chi connectivity index (χ4n) is 2.32. The molecule has 1 aliphatic heterocycles. The molecule has 0 bridgehead atoms. The molecule has 1 saturated heterocycles. The van der Waals surface area contributed by atoms with E-state index in [2.05, 4.69) is 15.9 Å². The van der Waals surface area contributed by atoms with E-state index in [-0.39, 0.29) is 18.9 Å². The zero-order chi connectivity index (χ0) is 16.1. The maximum atomic E-state index is 12.5. The van der Waals surface area contributed by atoms with Crippen LogP contribution < -0.4 is 4.74 Å². The number of hydrogen-bond donors (Lipinski definition) is 1. The van der Waals surface area contributed by atoms with Gasteiger partial charge in [-0.2, -0.15) is 0 Å². The summed E-state index contributed by atoms with van der Waals surface area (Å²) in [4.78, 5) is 24.9. The van der Waals surface area contributed by atoms with E-state index in [1.807, 2.05) is 12.1 Å². The summed E-state index contributed by atoms with van der Waals surface area (Å²) in [6.45, 7) is 2.69. The van der Waals surface area contributed by atoms with Crippen LogP contribution in [-0.2, 0) is 14.3 Å². The maximum Gasteiger partial charge on any atom is 0.305 e. The number of nitrogens with zero attached hydrogens (tertiary/aromatic N) is 1. The summed E-state index contributed by atoms with van der Waals surface area (Å²) >= 11 is 3.33. The first-order valence-electron chi connectivity index (χ1n) is 6.99. The number of hydrogen-bond acceptors (Lipinski definition) is 4. The summed E-state index contributed by atoms with van der Waals surface area (Å²) < 4.78 is 11.8. The van der Waals surface area contributed by atoms with Crippen LogP contribution in [0.3, 0.4) is 0 Å². The third-order valence-corrected chi connectivity index (χ3v) is 3.92. The van der Waals surface area contributed by atoms with Crippen molar-refractivity contribution in [1.29, 1.82) is 0 Å². The quantitative estimate of drug-likeness (QED) is 0.855. The average Bonchev–Trinajstić information content (AvgIpc) is 2.49. The first-order chi connectivity index (χ1) is 10.5. The van der Waals surface area contributed by atoms with Gasteiger partial charge in [0.1, 0.15) is 5.75 Å². The largest absolute Gasteiger partial charge is 0.481 e. The second-order valence-electron chi connectivity index (χ2n) is 5.07. The lowest BCUT2D eigenvalue weighted by Crippen LogP contribution is -2.53. The highest BCUT2D eigenvalue weighted by Gasteiger charge is 2.32. The van der Waals surface area contributed by atoms with E-state index in [0.717, 1.165) is 4.47 Å². The average molecular weight is 372 g/mol. The van der Waals surface area contributed by atoms with Crippen molar-refractivity contribution in [3.63, 3.8) is 0 Å². The van der Waals surface area contributed by atoms with Gasteiger partial charge in [0.25, 0.3) is 5.91 Å². The summed E-state index contributed by atoms with van der Waals surface area (Å²) in [7, 11) is 0. The predicted octanol–water partition coefficient (Wildman–Crippen LogP) is 1.92. The van der Waals surface area contributed by atoms with Gasteiger partial charge in [0.2, 0.25) is 0 Å². The van der Waals surface area contributed by atoms with Crippen molar-refractivity contribution in [1.82, 2.24) is 4.90 Å². The first kappa shape index (κ1) is 16.8. The lowest BCUT2D eigenvalue weighted by Gasteiger charge is -2.36. The molecule has 0 aromatic heterocycles.